The zero-order valence-corrected chi connectivity index (χ0v) is 17.8. The van der Waals surface area contributed by atoms with E-state index in [1.54, 1.807) is 18.6 Å². The van der Waals surface area contributed by atoms with E-state index in [-0.39, 0.29) is 18.4 Å². The summed E-state index contributed by atoms with van der Waals surface area (Å²) >= 11 is 2.99. The summed E-state index contributed by atoms with van der Waals surface area (Å²) in [7, 11) is 0. The molecular weight excluding hydrogens is 404 g/mol. The number of carbonyl (C=O) groups excluding carboxylic acids is 1. The normalized spacial score (nSPS) is 14.1. The number of ether oxygens (including phenoxy) is 1. The number of hydrogen-bond acceptors (Lipinski definition) is 7. The molecule has 0 radical (unpaired) electrons. The van der Waals surface area contributed by atoms with Gasteiger partial charge in [0.05, 0.1) is 18.2 Å². The van der Waals surface area contributed by atoms with E-state index in [1.807, 2.05) is 31.2 Å². The monoisotopic (exact) mass is 426 g/mol. The van der Waals surface area contributed by atoms with Crippen molar-refractivity contribution in [3.63, 3.8) is 0 Å². The lowest BCUT2D eigenvalue weighted by Gasteiger charge is -2.15. The molecule has 1 fully saturated rings. The lowest BCUT2D eigenvalue weighted by molar-refractivity contribution is -0.115. The second-order valence-corrected chi connectivity index (χ2v) is 9.27. The zero-order valence-electron chi connectivity index (χ0n) is 16.1. The highest BCUT2D eigenvalue weighted by Crippen LogP contribution is 2.31. The molecule has 0 spiro atoms. The minimum absolute atomic E-state index is 0.135. The molecular formula is C21H22N4O2S2. The van der Waals surface area contributed by atoms with Gasteiger partial charge in [0.2, 0.25) is 5.91 Å². The standard InChI is InChI=1S/C21H22N4O2S2/c1-14-13-23-21(28-14)25-19(26)11-15-10-17(27-16-4-2-3-5-16)12-20(24-15)29-18-6-8-22-9-7-18/h6-10,12-13,16H,2-5,11H2,1H3,(H,23,25,26). The van der Waals surface area contributed by atoms with Crippen molar-refractivity contribution >= 4 is 34.1 Å². The molecule has 150 valence electrons. The van der Waals surface area contributed by atoms with Crippen LogP contribution >= 0.6 is 23.1 Å². The van der Waals surface area contributed by atoms with E-state index < -0.39 is 0 Å². The Labute approximate surface area is 178 Å². The van der Waals surface area contributed by atoms with Gasteiger partial charge in [0.25, 0.3) is 0 Å². The number of amides is 1. The molecule has 3 aromatic rings. The molecule has 0 atom stereocenters. The average Bonchev–Trinajstić information content (AvgIpc) is 3.34. The first kappa shape index (κ1) is 19.8. The number of anilines is 1. The van der Waals surface area contributed by atoms with Gasteiger partial charge in [-0.2, -0.15) is 0 Å². The van der Waals surface area contributed by atoms with Gasteiger partial charge in [0, 0.05) is 40.5 Å². The number of rotatable bonds is 7. The molecule has 3 heterocycles. The molecule has 6 nitrogen and oxygen atoms in total. The van der Waals surface area contributed by atoms with Crippen LogP contribution in [0, 0.1) is 6.92 Å². The van der Waals surface area contributed by atoms with Crippen molar-refractivity contribution < 1.29 is 9.53 Å². The van der Waals surface area contributed by atoms with Gasteiger partial charge in [-0.1, -0.05) is 11.8 Å². The van der Waals surface area contributed by atoms with Crippen LogP contribution in [0.4, 0.5) is 5.13 Å². The van der Waals surface area contributed by atoms with E-state index in [2.05, 4.69) is 20.3 Å². The van der Waals surface area contributed by atoms with Gasteiger partial charge in [0.1, 0.15) is 10.8 Å². The van der Waals surface area contributed by atoms with Gasteiger partial charge < -0.3 is 10.1 Å². The average molecular weight is 427 g/mol. The fourth-order valence-electron chi connectivity index (χ4n) is 3.21. The Bertz CT molecular complexity index is 972. The molecule has 1 saturated carbocycles. The molecule has 0 aliphatic heterocycles. The zero-order chi connectivity index (χ0) is 20.1. The summed E-state index contributed by atoms with van der Waals surface area (Å²) in [4.78, 5) is 27.5. The number of nitrogens with zero attached hydrogens (tertiary/aromatic N) is 3. The first-order valence-corrected chi connectivity index (χ1v) is 11.2. The predicted molar refractivity (Wildman–Crippen MR) is 115 cm³/mol. The second kappa shape index (κ2) is 9.37. The number of pyridine rings is 2. The number of carbonyl (C=O) groups is 1. The van der Waals surface area contributed by atoms with Crippen molar-refractivity contribution in [3.05, 3.63) is 53.4 Å². The van der Waals surface area contributed by atoms with E-state index >= 15 is 0 Å². The Hall–Kier alpha value is -2.45. The summed E-state index contributed by atoms with van der Waals surface area (Å²) in [5.41, 5.74) is 0.683. The molecule has 1 aliphatic carbocycles. The van der Waals surface area contributed by atoms with E-state index in [0.717, 1.165) is 33.4 Å². The molecule has 8 heteroatoms. The van der Waals surface area contributed by atoms with Crippen LogP contribution < -0.4 is 10.1 Å². The Kier molecular flexibility index (Phi) is 6.41. The van der Waals surface area contributed by atoms with Gasteiger partial charge in [-0.3, -0.25) is 9.78 Å². The molecule has 1 N–H and O–H groups in total. The van der Waals surface area contributed by atoms with Gasteiger partial charge in [-0.25, -0.2) is 9.97 Å². The third-order valence-corrected chi connectivity index (χ3v) is 6.27. The molecule has 0 bridgehead atoms. The van der Waals surface area contributed by atoms with Crippen LogP contribution in [0.15, 0.2) is 52.8 Å². The first-order valence-electron chi connectivity index (χ1n) is 9.62. The molecule has 0 saturated heterocycles. The topological polar surface area (TPSA) is 77.0 Å². The van der Waals surface area contributed by atoms with Crippen molar-refractivity contribution in [2.45, 2.75) is 55.1 Å². The first-order chi connectivity index (χ1) is 14.1. The second-order valence-electron chi connectivity index (χ2n) is 6.94. The summed E-state index contributed by atoms with van der Waals surface area (Å²) < 4.78 is 6.19. The molecule has 1 amide bonds. The number of aryl methyl sites for hydroxylation is 1. The van der Waals surface area contributed by atoms with Crippen molar-refractivity contribution in [3.8, 4) is 5.75 Å². The van der Waals surface area contributed by atoms with Crippen molar-refractivity contribution in [2.24, 2.45) is 0 Å². The van der Waals surface area contributed by atoms with Crippen LogP contribution in [-0.2, 0) is 11.2 Å². The van der Waals surface area contributed by atoms with Crippen LogP contribution in [0.3, 0.4) is 0 Å². The van der Waals surface area contributed by atoms with E-state index in [9.17, 15) is 4.79 Å². The highest BCUT2D eigenvalue weighted by molar-refractivity contribution is 7.99. The maximum Gasteiger partial charge on any atom is 0.232 e. The number of thiazole rings is 1. The molecule has 29 heavy (non-hydrogen) atoms. The van der Waals surface area contributed by atoms with Crippen LogP contribution in [0.5, 0.6) is 5.75 Å². The lowest BCUT2D eigenvalue weighted by Crippen LogP contribution is -2.16. The van der Waals surface area contributed by atoms with Gasteiger partial charge in [-0.05, 0) is 44.7 Å². The van der Waals surface area contributed by atoms with Crippen LogP contribution in [-0.4, -0.2) is 27.0 Å². The van der Waals surface area contributed by atoms with Crippen LogP contribution in [0.1, 0.15) is 36.3 Å². The van der Waals surface area contributed by atoms with Crippen LogP contribution in [0.2, 0.25) is 0 Å². The molecule has 0 aromatic carbocycles. The smallest absolute Gasteiger partial charge is 0.232 e. The third kappa shape index (κ3) is 5.77. The lowest BCUT2D eigenvalue weighted by atomic mass is 10.2. The van der Waals surface area contributed by atoms with Gasteiger partial charge >= 0.3 is 0 Å². The molecule has 1 aliphatic rings. The van der Waals surface area contributed by atoms with Gasteiger partial charge in [-0.15, -0.1) is 11.3 Å². The molecule has 4 rings (SSSR count). The largest absolute Gasteiger partial charge is 0.490 e. The molecule has 0 unspecified atom stereocenters. The Morgan fingerprint density at radius 3 is 2.79 bits per heavy atom. The highest BCUT2D eigenvalue weighted by Gasteiger charge is 2.18. The Balaban J connectivity index is 1.52. The SMILES string of the molecule is Cc1cnc(NC(=O)Cc2cc(OC3CCCC3)cc(Sc3ccncc3)n2)s1. The number of nitrogens with one attached hydrogen (secondary N) is 1. The molecule has 3 aromatic heterocycles. The summed E-state index contributed by atoms with van der Waals surface area (Å²) in [5, 5.41) is 4.26. The van der Waals surface area contributed by atoms with Crippen LogP contribution in [0.25, 0.3) is 0 Å². The summed E-state index contributed by atoms with van der Waals surface area (Å²) in [6, 6.07) is 7.71. The fraction of sp³-hybridized carbons (Fsp3) is 0.333. The maximum absolute atomic E-state index is 12.5. The quantitative estimate of drug-likeness (QED) is 0.579. The van der Waals surface area contributed by atoms with Crippen molar-refractivity contribution in [1.29, 1.82) is 0 Å². The van der Waals surface area contributed by atoms with Gasteiger partial charge in [0.15, 0.2) is 5.13 Å². The van der Waals surface area contributed by atoms with Crippen molar-refractivity contribution in [2.75, 3.05) is 5.32 Å². The summed E-state index contributed by atoms with van der Waals surface area (Å²) in [6.07, 6.45) is 10.2. The number of hydrogen-bond donors (Lipinski definition) is 1. The maximum atomic E-state index is 12.5. The van der Waals surface area contributed by atoms with E-state index in [0.29, 0.717) is 10.8 Å². The summed E-state index contributed by atoms with van der Waals surface area (Å²) in [6.45, 7) is 1.96. The highest BCUT2D eigenvalue weighted by atomic mass is 32.2. The number of aromatic nitrogens is 3. The summed E-state index contributed by atoms with van der Waals surface area (Å²) in [5.74, 6) is 0.640. The minimum Gasteiger partial charge on any atom is -0.490 e. The third-order valence-electron chi connectivity index (χ3n) is 4.51. The Morgan fingerprint density at radius 1 is 1.28 bits per heavy atom. The predicted octanol–water partition coefficient (Wildman–Crippen LogP) is 4.90. The van der Waals surface area contributed by atoms with E-state index in [1.165, 1.54) is 35.9 Å². The Morgan fingerprint density at radius 2 is 2.07 bits per heavy atom. The minimum atomic E-state index is -0.135. The van der Waals surface area contributed by atoms with Crippen molar-refractivity contribution in [1.82, 2.24) is 15.0 Å². The fourth-order valence-corrected chi connectivity index (χ4v) is 4.73. The van der Waals surface area contributed by atoms with E-state index in [4.69, 9.17) is 4.74 Å².